The normalized spacial score (nSPS) is 12.5. The number of hydrogen-bond acceptors (Lipinski definition) is 25. The highest BCUT2D eigenvalue weighted by Gasteiger charge is 3.26. The summed E-state index contributed by atoms with van der Waals surface area (Å²) in [5.41, 5.74) is -21.9. The van der Waals surface area contributed by atoms with Crippen molar-refractivity contribution in [1.29, 1.82) is 5.41 Å². The van der Waals surface area contributed by atoms with Crippen LogP contribution in [0.3, 0.4) is 0 Å². The Balaban J connectivity index is 10.3. The van der Waals surface area contributed by atoms with Crippen LogP contribution in [0, 0.1) is 117 Å². The lowest BCUT2D eigenvalue weighted by atomic mass is 9.76. The summed E-state index contributed by atoms with van der Waals surface area (Å²) in [6.07, 6.45) is 0. The number of nitro groups is 11. The molecule has 0 bridgehead atoms. The SMILES string of the molecule is COC(=O)[C@](N([N+](=O)[O-])[N+](=O)[O-])([N+](=O)[O-])C([N+](=O)[O-])([N+](=O)[O-])C([N+](=O)[O-])([N+](=O)[O-])C(N(C(=N)N[N+](=O)[O-])[N+](=O)[O-])([N+](=O)[O-])[N+](=O)[O-]. The number of hydrogen-bond donors (Lipinski definition) is 2. The van der Waals surface area contributed by atoms with Crippen molar-refractivity contribution >= 4 is 11.9 Å². The summed E-state index contributed by atoms with van der Waals surface area (Å²) in [6, 6.07) is 0. The molecule has 0 aromatic carbocycles. The van der Waals surface area contributed by atoms with Crippen LogP contribution in [0.1, 0.15) is 0 Å². The second-order valence-electron chi connectivity index (χ2n) is 6.98. The first-order chi connectivity index (χ1) is 20.8. The number of esters is 1. The van der Waals surface area contributed by atoms with Crippen LogP contribution in [0.15, 0.2) is 0 Å². The van der Waals surface area contributed by atoms with E-state index in [1.54, 1.807) is 0 Å². The van der Waals surface area contributed by atoms with Gasteiger partial charge in [-0.05, 0) is 0 Å². The molecule has 39 nitrogen and oxygen atoms in total. The topological polar surface area (TPSA) is 543 Å². The van der Waals surface area contributed by atoms with Gasteiger partial charge in [-0.3, -0.25) is 76.2 Å². The van der Waals surface area contributed by atoms with Gasteiger partial charge in [-0.25, -0.2) is 45.3 Å². The van der Waals surface area contributed by atoms with Gasteiger partial charge >= 0.3 is 34.7 Å². The highest BCUT2D eigenvalue weighted by molar-refractivity contribution is 5.80. The zero-order valence-electron chi connectivity index (χ0n) is 20.6. The first-order valence-corrected chi connectivity index (χ1v) is 9.39. The molecule has 0 radical (unpaired) electrons. The van der Waals surface area contributed by atoms with E-state index < -0.39 is 107 Å². The molecule has 2 N–H and O–H groups in total. The molecule has 252 valence electrons. The van der Waals surface area contributed by atoms with Crippen LogP contribution in [0.4, 0.5) is 0 Å². The molecule has 0 aliphatic heterocycles. The monoisotopic (exact) mass is 683 g/mol. The van der Waals surface area contributed by atoms with E-state index >= 15 is 0 Å². The minimum absolute atomic E-state index is 0.0973. The third kappa shape index (κ3) is 4.31. The van der Waals surface area contributed by atoms with Crippen LogP contribution >= 0.6 is 0 Å². The predicted molar refractivity (Wildman–Crippen MR) is 114 cm³/mol. The first kappa shape index (κ1) is 37.9. The number of carbonyl (C=O) groups excluding carboxylic acids is 1. The summed E-state index contributed by atoms with van der Waals surface area (Å²) in [6.45, 7) is 0. The van der Waals surface area contributed by atoms with Crippen LogP contribution in [-0.4, -0.2) is 107 Å². The molecule has 0 saturated carbocycles. The number of nitrogens with one attached hydrogen (secondary N) is 2. The number of guanidine groups is 1. The van der Waals surface area contributed by atoms with E-state index in [0.717, 1.165) is 0 Å². The third-order valence-corrected chi connectivity index (χ3v) is 5.21. The van der Waals surface area contributed by atoms with Crippen molar-refractivity contribution in [2.45, 2.75) is 22.8 Å². The molecule has 0 aromatic heterocycles. The number of carbonyl (C=O) groups is 1. The summed E-state index contributed by atoms with van der Waals surface area (Å²) in [5.74, 6) is -14.4. The van der Waals surface area contributed by atoms with Crippen LogP contribution in [-0.2, 0) is 9.53 Å². The maximum Gasteiger partial charge on any atom is 0.774 e. The molecule has 0 amide bonds. The molecule has 39 heteroatoms. The van der Waals surface area contributed by atoms with E-state index in [9.17, 15) is 116 Å². The molecule has 0 fully saturated rings. The van der Waals surface area contributed by atoms with Crippen molar-refractivity contribution in [1.82, 2.24) is 15.6 Å². The predicted octanol–water partition coefficient (Wildman–Crippen LogP) is -5.27. The zero-order valence-corrected chi connectivity index (χ0v) is 20.6. The standard InChI is InChI=1S/C7H5N15O24/c1-46-2(23)4(12(24)25,11(21(42)43)22(44)45)5(13(26)27,14(28)29)6(15(30)31,16(32)33)7(17(34)35,18(36)37)10(20(40)41)3(8)9-19(38)39/h1H3,(H2,8,9)/t4-/m0/s1. The Hall–Kier alpha value is -8.06. The van der Waals surface area contributed by atoms with Gasteiger partial charge in [-0.1, -0.05) is 5.43 Å². The fraction of sp³-hybridized carbons (Fsp3) is 0.714. The Kier molecular flexibility index (Phi) is 9.93. The Morgan fingerprint density at radius 2 is 0.935 bits per heavy atom. The lowest BCUT2D eigenvalue weighted by Crippen LogP contribution is -2.96. The molecule has 0 saturated heterocycles. The van der Waals surface area contributed by atoms with Crippen molar-refractivity contribution in [2.75, 3.05) is 7.11 Å². The molecule has 46 heavy (non-hydrogen) atoms. The highest BCUT2D eigenvalue weighted by atomic mass is 16.8. The van der Waals surface area contributed by atoms with Crippen molar-refractivity contribution < 1.29 is 64.1 Å². The second-order valence-corrected chi connectivity index (χ2v) is 6.98. The first-order valence-electron chi connectivity index (χ1n) is 9.39. The summed E-state index contributed by atoms with van der Waals surface area (Å²) >= 11 is 0. The van der Waals surface area contributed by atoms with Crippen molar-refractivity contribution in [3.63, 3.8) is 0 Å². The molecular formula is C7H5N15O24. The molecule has 0 spiro atoms. The molecule has 0 unspecified atom stereocenters. The van der Waals surface area contributed by atoms with Gasteiger partial charge in [0.2, 0.25) is 10.1 Å². The molecular weight excluding hydrogens is 678 g/mol. The van der Waals surface area contributed by atoms with E-state index in [-0.39, 0.29) is 5.43 Å². The summed E-state index contributed by atoms with van der Waals surface area (Å²) in [5, 5.41) is 122. The Morgan fingerprint density at radius 3 is 1.13 bits per heavy atom. The Labute approximate surface area is 239 Å². The van der Waals surface area contributed by atoms with E-state index in [4.69, 9.17) is 5.41 Å². The average Bonchev–Trinajstić information content (AvgIpc) is 2.85. The van der Waals surface area contributed by atoms with E-state index in [1.807, 2.05) is 0 Å². The number of ether oxygens (including phenoxy) is 1. The summed E-state index contributed by atoms with van der Waals surface area (Å²) < 4.78 is 3.44. The summed E-state index contributed by atoms with van der Waals surface area (Å²) in [4.78, 5) is 120. The smallest absolute Gasteiger partial charge is 0.461 e. The van der Waals surface area contributed by atoms with Crippen LogP contribution in [0.5, 0.6) is 0 Å². The Morgan fingerprint density at radius 1 is 0.587 bits per heavy atom. The lowest BCUT2D eigenvalue weighted by molar-refractivity contribution is -1.06. The van der Waals surface area contributed by atoms with Gasteiger partial charge in [-0.15, -0.1) is 0 Å². The minimum Gasteiger partial charge on any atom is -0.461 e. The van der Waals surface area contributed by atoms with Crippen molar-refractivity contribution in [2.24, 2.45) is 0 Å². The second kappa shape index (κ2) is 12.0. The molecule has 0 aromatic rings. The highest BCUT2D eigenvalue weighted by Crippen LogP contribution is 2.51. The number of nitrogens with zero attached hydrogens (tertiary/aromatic N) is 13. The van der Waals surface area contributed by atoms with E-state index in [2.05, 4.69) is 4.74 Å². The molecule has 1 atom stereocenters. The molecule has 0 aliphatic carbocycles. The van der Waals surface area contributed by atoms with Gasteiger partial charge in [0, 0.05) is 0 Å². The fourth-order valence-electron chi connectivity index (χ4n) is 3.80. The van der Waals surface area contributed by atoms with Gasteiger partial charge in [0.05, 0.1) is 12.0 Å². The number of methoxy groups -OCH3 is 1. The third-order valence-electron chi connectivity index (χ3n) is 5.21. The van der Waals surface area contributed by atoms with Gasteiger partial charge in [0.25, 0.3) is 5.12 Å². The Bertz CT molecular complexity index is 1440. The minimum atomic E-state index is -7.58. The fourth-order valence-corrected chi connectivity index (χ4v) is 3.80. The van der Waals surface area contributed by atoms with Gasteiger partial charge < -0.3 is 4.74 Å². The molecule has 0 aliphatic rings. The van der Waals surface area contributed by atoms with Crippen LogP contribution in [0.25, 0.3) is 0 Å². The lowest BCUT2D eigenvalue weighted by Gasteiger charge is -2.31. The van der Waals surface area contributed by atoms with Crippen LogP contribution < -0.4 is 5.43 Å². The van der Waals surface area contributed by atoms with Crippen molar-refractivity contribution in [3.8, 4) is 0 Å². The van der Waals surface area contributed by atoms with E-state index in [0.29, 0.717) is 0 Å². The number of rotatable bonds is 17. The van der Waals surface area contributed by atoms with Crippen LogP contribution in [0.2, 0.25) is 0 Å². The maximum absolute atomic E-state index is 12.7. The quantitative estimate of drug-likeness (QED) is 0.0361. The number of hydrazine groups is 4. The largest absolute Gasteiger partial charge is 0.774 e. The maximum atomic E-state index is 12.7. The van der Waals surface area contributed by atoms with Gasteiger partial charge in [0.1, 0.15) is 34.5 Å². The van der Waals surface area contributed by atoms with E-state index in [1.165, 1.54) is 0 Å². The van der Waals surface area contributed by atoms with Gasteiger partial charge in [0.15, 0.2) is 10.1 Å². The zero-order chi connectivity index (χ0) is 37.1. The molecule has 0 heterocycles. The average molecular weight is 683 g/mol. The molecule has 0 rings (SSSR count). The van der Waals surface area contributed by atoms with Crippen molar-refractivity contribution in [3.05, 3.63) is 111 Å². The van der Waals surface area contributed by atoms with Gasteiger partial charge in [-0.2, -0.15) is 0 Å². The summed E-state index contributed by atoms with van der Waals surface area (Å²) in [7, 11) is -0.391.